The van der Waals surface area contributed by atoms with Crippen LogP contribution in [0.15, 0.2) is 18.2 Å². The number of rotatable bonds is 3. The van der Waals surface area contributed by atoms with Gasteiger partial charge in [0.05, 0.1) is 5.56 Å². The van der Waals surface area contributed by atoms with E-state index in [-0.39, 0.29) is 29.8 Å². The highest BCUT2D eigenvalue weighted by molar-refractivity contribution is 5.95. The number of hydrogen-bond acceptors (Lipinski definition) is 3. The number of nitrogens with two attached hydrogens (primary N) is 1. The van der Waals surface area contributed by atoms with Crippen LogP contribution in [0.25, 0.3) is 0 Å². The van der Waals surface area contributed by atoms with Gasteiger partial charge in [0.2, 0.25) is 0 Å². The van der Waals surface area contributed by atoms with Gasteiger partial charge in [0.25, 0.3) is 5.91 Å². The molecule has 1 aliphatic carbocycles. The molecule has 1 fully saturated rings. The van der Waals surface area contributed by atoms with E-state index < -0.39 is 11.7 Å². The minimum atomic E-state index is -0.619. The molecule has 0 aromatic heterocycles. The zero-order valence-electron chi connectivity index (χ0n) is 10.0. The van der Waals surface area contributed by atoms with Gasteiger partial charge in [-0.15, -0.1) is 0 Å². The summed E-state index contributed by atoms with van der Waals surface area (Å²) in [6, 6.07) is 3.94. The zero-order valence-corrected chi connectivity index (χ0v) is 10.0. The van der Waals surface area contributed by atoms with Crippen molar-refractivity contribution in [2.45, 2.75) is 25.3 Å². The molecule has 0 heterocycles. The van der Waals surface area contributed by atoms with Crippen LogP contribution in [0.2, 0.25) is 0 Å². The summed E-state index contributed by atoms with van der Waals surface area (Å²) in [7, 11) is 0. The first-order valence-corrected chi connectivity index (χ1v) is 6.08. The fourth-order valence-electron chi connectivity index (χ4n) is 2.41. The van der Waals surface area contributed by atoms with Crippen LogP contribution in [0.3, 0.4) is 0 Å². The van der Waals surface area contributed by atoms with E-state index in [0.29, 0.717) is 0 Å². The maximum atomic E-state index is 13.6. The van der Waals surface area contributed by atoms with Gasteiger partial charge in [-0.3, -0.25) is 4.79 Å². The number of carbonyl (C=O) groups is 1. The third-order valence-electron chi connectivity index (χ3n) is 3.45. The van der Waals surface area contributed by atoms with Crippen molar-refractivity contribution in [3.8, 4) is 0 Å². The number of benzene rings is 1. The molecule has 98 valence electrons. The molecule has 1 aromatic rings. The molecule has 18 heavy (non-hydrogen) atoms. The number of halogens is 1. The van der Waals surface area contributed by atoms with E-state index in [1.807, 2.05) is 0 Å². The smallest absolute Gasteiger partial charge is 0.254 e. The normalized spacial score (nSPS) is 23.0. The first-order valence-electron chi connectivity index (χ1n) is 6.08. The Balaban J connectivity index is 2.07. The van der Waals surface area contributed by atoms with Gasteiger partial charge in [0.15, 0.2) is 0 Å². The Bertz CT molecular complexity index is 451. The topological polar surface area (TPSA) is 75.4 Å². The summed E-state index contributed by atoms with van der Waals surface area (Å²) >= 11 is 0. The van der Waals surface area contributed by atoms with Gasteiger partial charge in [-0.05, 0) is 31.0 Å². The number of anilines is 1. The van der Waals surface area contributed by atoms with Crippen LogP contribution in [0.1, 0.15) is 29.6 Å². The predicted molar refractivity (Wildman–Crippen MR) is 66.5 cm³/mol. The number of carbonyl (C=O) groups excluding carboxylic acids is 1. The lowest BCUT2D eigenvalue weighted by atomic mass is 10.0. The van der Waals surface area contributed by atoms with Crippen molar-refractivity contribution in [2.75, 3.05) is 12.3 Å². The highest BCUT2D eigenvalue weighted by atomic mass is 19.1. The van der Waals surface area contributed by atoms with E-state index >= 15 is 0 Å². The van der Waals surface area contributed by atoms with Gasteiger partial charge in [-0.2, -0.15) is 0 Å². The number of aliphatic hydroxyl groups excluding tert-OH is 1. The lowest BCUT2D eigenvalue weighted by Crippen LogP contribution is -2.38. The Morgan fingerprint density at radius 3 is 2.94 bits per heavy atom. The molecule has 2 atom stereocenters. The fraction of sp³-hybridized carbons (Fsp3) is 0.462. The molecule has 0 spiro atoms. The summed E-state index contributed by atoms with van der Waals surface area (Å²) < 4.78 is 13.6. The quantitative estimate of drug-likeness (QED) is 0.710. The van der Waals surface area contributed by atoms with Gasteiger partial charge in [0, 0.05) is 24.3 Å². The maximum absolute atomic E-state index is 13.6. The van der Waals surface area contributed by atoms with Crippen molar-refractivity contribution >= 4 is 11.6 Å². The molecule has 0 saturated heterocycles. The molecule has 4 N–H and O–H groups in total. The molecular weight excluding hydrogens is 235 g/mol. The molecule has 2 rings (SSSR count). The van der Waals surface area contributed by atoms with Gasteiger partial charge in [-0.1, -0.05) is 6.42 Å². The molecule has 5 heteroatoms. The molecule has 0 bridgehead atoms. The van der Waals surface area contributed by atoms with E-state index in [4.69, 9.17) is 10.8 Å². The van der Waals surface area contributed by atoms with Gasteiger partial charge in [0.1, 0.15) is 5.82 Å². The third-order valence-corrected chi connectivity index (χ3v) is 3.45. The van der Waals surface area contributed by atoms with Crippen molar-refractivity contribution in [1.29, 1.82) is 0 Å². The summed E-state index contributed by atoms with van der Waals surface area (Å²) in [4.78, 5) is 11.9. The SMILES string of the molecule is Nc1ccc(C(=O)NC2CCCC2CO)c(F)c1. The van der Waals surface area contributed by atoms with E-state index in [1.54, 1.807) is 0 Å². The van der Waals surface area contributed by atoms with Crippen LogP contribution in [0, 0.1) is 11.7 Å². The zero-order chi connectivity index (χ0) is 13.1. The summed E-state index contributed by atoms with van der Waals surface area (Å²) in [5.74, 6) is -0.991. The number of amides is 1. The monoisotopic (exact) mass is 252 g/mol. The summed E-state index contributed by atoms with van der Waals surface area (Å²) in [6.07, 6.45) is 2.69. The van der Waals surface area contributed by atoms with Crippen LogP contribution in [0.5, 0.6) is 0 Å². The Morgan fingerprint density at radius 1 is 1.50 bits per heavy atom. The van der Waals surface area contributed by atoms with Crippen molar-refractivity contribution in [2.24, 2.45) is 5.92 Å². The standard InChI is InChI=1S/C13H17FN2O2/c14-11-6-9(15)4-5-10(11)13(18)16-12-3-1-2-8(12)7-17/h4-6,8,12,17H,1-3,7,15H2,(H,16,18). The fourth-order valence-corrected chi connectivity index (χ4v) is 2.41. The Labute approximate surface area is 105 Å². The number of hydrogen-bond donors (Lipinski definition) is 3. The van der Waals surface area contributed by atoms with Crippen LogP contribution in [-0.4, -0.2) is 23.7 Å². The molecular formula is C13H17FN2O2. The highest BCUT2D eigenvalue weighted by Crippen LogP contribution is 2.25. The number of nitrogens with one attached hydrogen (secondary N) is 1. The second-order valence-corrected chi connectivity index (χ2v) is 4.69. The second kappa shape index (κ2) is 5.35. The Morgan fingerprint density at radius 2 is 2.28 bits per heavy atom. The second-order valence-electron chi connectivity index (χ2n) is 4.69. The first kappa shape index (κ1) is 12.8. The molecule has 1 aliphatic rings. The summed E-state index contributed by atoms with van der Waals surface area (Å²) in [6.45, 7) is 0.0508. The predicted octanol–water partition coefficient (Wildman–Crippen LogP) is 1.30. The van der Waals surface area contributed by atoms with Gasteiger partial charge in [-0.25, -0.2) is 4.39 Å². The maximum Gasteiger partial charge on any atom is 0.254 e. The van der Waals surface area contributed by atoms with E-state index in [0.717, 1.165) is 25.3 Å². The van der Waals surface area contributed by atoms with Crippen molar-refractivity contribution in [3.05, 3.63) is 29.6 Å². The lowest BCUT2D eigenvalue weighted by Gasteiger charge is -2.19. The Hall–Kier alpha value is -1.62. The van der Waals surface area contributed by atoms with Crippen molar-refractivity contribution in [1.82, 2.24) is 5.32 Å². The first-order chi connectivity index (χ1) is 8.61. The minimum absolute atomic E-state index is 0.00668. The van der Waals surface area contributed by atoms with Crippen molar-refractivity contribution < 1.29 is 14.3 Å². The number of aliphatic hydroxyl groups is 1. The summed E-state index contributed by atoms with van der Waals surface area (Å²) in [5.41, 5.74) is 5.71. The molecule has 1 amide bonds. The van der Waals surface area contributed by atoms with Gasteiger partial charge < -0.3 is 16.2 Å². The average molecular weight is 252 g/mol. The molecule has 1 aromatic carbocycles. The third kappa shape index (κ3) is 2.61. The molecule has 0 radical (unpaired) electrons. The van der Waals surface area contributed by atoms with Gasteiger partial charge >= 0.3 is 0 Å². The van der Waals surface area contributed by atoms with Crippen molar-refractivity contribution in [3.63, 3.8) is 0 Å². The summed E-state index contributed by atoms with van der Waals surface area (Å²) in [5, 5.41) is 11.9. The lowest BCUT2D eigenvalue weighted by molar-refractivity contribution is 0.0912. The molecule has 4 nitrogen and oxygen atoms in total. The average Bonchev–Trinajstić information content (AvgIpc) is 2.76. The van der Waals surface area contributed by atoms with Crippen LogP contribution in [0.4, 0.5) is 10.1 Å². The Kier molecular flexibility index (Phi) is 3.81. The van der Waals surface area contributed by atoms with E-state index in [2.05, 4.69) is 5.32 Å². The van der Waals surface area contributed by atoms with E-state index in [1.165, 1.54) is 12.1 Å². The largest absolute Gasteiger partial charge is 0.399 e. The van der Waals surface area contributed by atoms with Crippen LogP contribution in [-0.2, 0) is 0 Å². The van der Waals surface area contributed by atoms with Crippen LogP contribution < -0.4 is 11.1 Å². The minimum Gasteiger partial charge on any atom is -0.399 e. The molecule has 0 aliphatic heterocycles. The molecule has 2 unspecified atom stereocenters. The highest BCUT2D eigenvalue weighted by Gasteiger charge is 2.28. The number of nitrogen functional groups attached to an aromatic ring is 1. The van der Waals surface area contributed by atoms with Crippen LogP contribution >= 0.6 is 0 Å². The van der Waals surface area contributed by atoms with E-state index in [9.17, 15) is 9.18 Å². The molecule has 1 saturated carbocycles.